The van der Waals surface area contributed by atoms with Gasteiger partial charge in [-0.25, -0.2) is 27.1 Å². The predicted octanol–water partition coefficient (Wildman–Crippen LogP) is 2.97. The van der Waals surface area contributed by atoms with E-state index in [4.69, 9.17) is 10.3 Å². The van der Waals surface area contributed by atoms with Crippen molar-refractivity contribution in [3.05, 3.63) is 132 Å². The van der Waals surface area contributed by atoms with Gasteiger partial charge in [0.05, 0.1) is 21.2 Å². The van der Waals surface area contributed by atoms with Crippen molar-refractivity contribution in [2.24, 2.45) is 20.3 Å². The molecule has 0 aromatic heterocycles. The Morgan fingerprint density at radius 3 is 1.14 bits per heavy atom. The van der Waals surface area contributed by atoms with Crippen LogP contribution in [0.2, 0.25) is 0 Å². The van der Waals surface area contributed by atoms with Crippen molar-refractivity contribution in [2.45, 2.75) is 9.79 Å². The van der Waals surface area contributed by atoms with Crippen molar-refractivity contribution in [3.63, 3.8) is 0 Å². The third-order valence-corrected chi connectivity index (χ3v) is 8.74. The molecule has 248 valence electrons. The quantitative estimate of drug-likeness (QED) is 0.191. The van der Waals surface area contributed by atoms with Crippen molar-refractivity contribution >= 4 is 65.4 Å². The molecule has 0 heterocycles. The van der Waals surface area contributed by atoms with Crippen LogP contribution in [0.4, 0.5) is 11.4 Å². The zero-order valence-corrected chi connectivity index (χ0v) is 30.3. The van der Waals surface area contributed by atoms with E-state index in [0.717, 1.165) is 21.5 Å². The van der Waals surface area contributed by atoms with E-state index in [1.165, 1.54) is 73.1 Å². The average Bonchev–Trinajstić information content (AvgIpc) is 3.04. The number of hydrogen-bond donors (Lipinski definition) is 2. The third-order valence-electron chi connectivity index (χ3n) is 6.88. The number of fused-ring (bicyclic) bond motifs is 2. The van der Waals surface area contributed by atoms with Gasteiger partial charge in [-0.15, -0.1) is 0 Å². The fraction of sp³-hybridized carbons (Fsp3) is 0. The van der Waals surface area contributed by atoms with Crippen LogP contribution in [0.15, 0.2) is 141 Å². The molecule has 0 fully saturated rings. The van der Waals surface area contributed by atoms with Crippen LogP contribution in [0.25, 0.3) is 21.5 Å². The minimum atomic E-state index is -3.72. The molecule has 15 heteroatoms. The molecule has 0 spiro atoms. The fourth-order valence-electron chi connectivity index (χ4n) is 4.54. The van der Waals surface area contributed by atoms with Gasteiger partial charge in [0.2, 0.25) is 20.0 Å². The van der Waals surface area contributed by atoms with Crippen molar-refractivity contribution in [2.75, 3.05) is 0 Å². The minimum Gasteiger partial charge on any atom is -0.872 e. The van der Waals surface area contributed by atoms with E-state index in [2.05, 4.69) is 9.98 Å². The first-order valence-corrected chi connectivity index (χ1v) is 16.7. The number of aliphatic imine (C=N–C) groups is 2. The summed E-state index contributed by atoms with van der Waals surface area (Å²) in [5.41, 5.74) is 2.06. The maximum Gasteiger partial charge on any atom is 2.00 e. The topological polar surface area (TPSA) is 254 Å². The molecule has 0 amide bonds. The number of primary sulfonamides is 2. The van der Waals surface area contributed by atoms with E-state index in [0.29, 0.717) is 22.5 Å². The van der Waals surface area contributed by atoms with Crippen LogP contribution < -0.4 is 20.5 Å². The summed E-state index contributed by atoms with van der Waals surface area (Å²) in [4.78, 5) is 8.54. The number of nitrogens with zero attached hydrogens (tertiary/aromatic N) is 2. The van der Waals surface area contributed by atoms with Gasteiger partial charge in [-0.05, 0) is 81.2 Å². The molecular formula is C34H30N4O8S2Zn. The Morgan fingerprint density at radius 1 is 0.490 bits per heavy atom. The number of hydrogen-bond acceptors (Lipinski definition) is 8. The minimum absolute atomic E-state index is 0. The first-order chi connectivity index (χ1) is 21.9. The van der Waals surface area contributed by atoms with Crippen LogP contribution >= 0.6 is 0 Å². The molecule has 0 aliphatic rings. The van der Waals surface area contributed by atoms with E-state index >= 15 is 0 Å². The summed E-state index contributed by atoms with van der Waals surface area (Å²) in [5, 5.41) is 37.8. The van der Waals surface area contributed by atoms with Crippen molar-refractivity contribution < 1.29 is 57.5 Å². The normalized spacial score (nSPS) is 11.3. The second-order valence-electron chi connectivity index (χ2n) is 9.99. The van der Waals surface area contributed by atoms with Gasteiger partial charge in [0, 0.05) is 12.4 Å². The van der Waals surface area contributed by atoms with Gasteiger partial charge in [-0.3, -0.25) is 9.98 Å². The van der Waals surface area contributed by atoms with Crippen LogP contribution in [-0.2, 0) is 39.5 Å². The number of benzene rings is 6. The molecule has 12 nitrogen and oxygen atoms in total. The summed E-state index contributed by atoms with van der Waals surface area (Å²) in [6.07, 6.45) is 2.99. The third kappa shape index (κ3) is 10.1. The van der Waals surface area contributed by atoms with Crippen molar-refractivity contribution in [1.82, 2.24) is 0 Å². The molecule has 0 atom stereocenters. The van der Waals surface area contributed by atoms with Crippen LogP contribution in [0, 0.1) is 0 Å². The fourth-order valence-corrected chi connectivity index (χ4v) is 5.57. The maximum atomic E-state index is 12.1. The molecule has 0 saturated heterocycles. The van der Waals surface area contributed by atoms with Gasteiger partial charge >= 0.3 is 19.5 Å². The monoisotopic (exact) mass is 750 g/mol. The maximum absolute atomic E-state index is 12.1. The van der Waals surface area contributed by atoms with Gasteiger partial charge in [0.25, 0.3) is 0 Å². The van der Waals surface area contributed by atoms with Crippen molar-refractivity contribution in [1.29, 1.82) is 0 Å². The SMILES string of the molecule is NS(=O)(=O)c1ccc(N=Cc2c([O-])ccc3ccccc23)cc1.NS(=O)(=O)c1ccc(N=Cc2c([O-])ccc3ccccc23)cc1.O.O.[Zn+2]. The van der Waals surface area contributed by atoms with Gasteiger partial charge in [0.1, 0.15) is 0 Å². The Morgan fingerprint density at radius 2 is 0.816 bits per heavy atom. The van der Waals surface area contributed by atoms with E-state index < -0.39 is 20.0 Å². The average molecular weight is 752 g/mol. The summed E-state index contributed by atoms with van der Waals surface area (Å²) >= 11 is 0. The largest absolute Gasteiger partial charge is 2.00 e. The molecule has 0 bridgehead atoms. The number of sulfonamides is 2. The molecule has 0 radical (unpaired) electrons. The summed E-state index contributed by atoms with van der Waals surface area (Å²) in [7, 11) is -7.45. The molecule has 0 saturated carbocycles. The Kier molecular flexibility index (Phi) is 14.0. The summed E-state index contributed by atoms with van der Waals surface area (Å²) in [5.74, 6) is -0.234. The molecule has 49 heavy (non-hydrogen) atoms. The summed E-state index contributed by atoms with van der Waals surface area (Å²) in [6, 6.07) is 33.3. The molecule has 6 aromatic rings. The number of rotatable bonds is 6. The second kappa shape index (κ2) is 17.0. The summed E-state index contributed by atoms with van der Waals surface area (Å²) < 4.78 is 44.9. The van der Waals surface area contributed by atoms with Crippen LogP contribution in [0.1, 0.15) is 11.1 Å². The number of nitrogens with two attached hydrogens (primary N) is 2. The Hall–Kier alpha value is -4.86. The van der Waals surface area contributed by atoms with Gasteiger partial charge < -0.3 is 21.2 Å². The first kappa shape index (κ1) is 40.3. The molecule has 6 rings (SSSR count). The van der Waals surface area contributed by atoms with E-state index in [9.17, 15) is 27.0 Å². The van der Waals surface area contributed by atoms with Crippen LogP contribution in [0.3, 0.4) is 0 Å². The zero-order chi connectivity index (χ0) is 32.9. The van der Waals surface area contributed by atoms with Gasteiger partial charge in [0.15, 0.2) is 0 Å². The van der Waals surface area contributed by atoms with E-state index in [-0.39, 0.29) is 51.7 Å². The Labute approximate surface area is 295 Å². The van der Waals surface area contributed by atoms with E-state index in [1.807, 2.05) is 48.5 Å². The standard InChI is InChI=1S/2C17H14N2O3S.2H2O.Zn/c2*18-23(21,22)14-8-6-13(7-9-14)19-11-16-15-4-2-1-3-12(15)5-10-17(16)20;;;/h2*1-11,20H,(H2,18,21,22);2*1H2;/q;;;;+2/p-2. The summed E-state index contributed by atoms with van der Waals surface area (Å²) in [6.45, 7) is 0. The first-order valence-electron chi connectivity index (χ1n) is 13.6. The van der Waals surface area contributed by atoms with Crippen molar-refractivity contribution in [3.8, 4) is 11.5 Å². The van der Waals surface area contributed by atoms with Gasteiger partial charge in [-0.2, -0.15) is 0 Å². The smallest absolute Gasteiger partial charge is 0.872 e. The Bertz CT molecular complexity index is 2170. The Balaban J connectivity index is 0.000000321. The second-order valence-corrected chi connectivity index (χ2v) is 13.1. The molecular weight excluding hydrogens is 722 g/mol. The van der Waals surface area contributed by atoms with Crippen LogP contribution in [0.5, 0.6) is 11.5 Å². The molecule has 8 N–H and O–H groups in total. The molecule has 0 unspecified atom stereocenters. The van der Waals surface area contributed by atoms with E-state index in [1.54, 1.807) is 12.1 Å². The zero-order valence-electron chi connectivity index (χ0n) is 25.7. The molecule has 0 aliphatic heterocycles. The predicted molar refractivity (Wildman–Crippen MR) is 184 cm³/mol. The molecule has 0 aliphatic carbocycles. The van der Waals surface area contributed by atoms with Crippen LogP contribution in [-0.4, -0.2) is 40.2 Å². The molecule has 6 aromatic carbocycles. The van der Waals surface area contributed by atoms with Gasteiger partial charge in [-0.1, -0.05) is 84.3 Å².